The van der Waals surface area contributed by atoms with Crippen molar-refractivity contribution < 1.29 is 29.3 Å². The third-order valence-corrected chi connectivity index (χ3v) is 5.50. The first-order valence-corrected chi connectivity index (χ1v) is 8.71. The Hall–Kier alpha value is -3.45. The van der Waals surface area contributed by atoms with Crippen LogP contribution in [0.1, 0.15) is 46.4 Å². The van der Waals surface area contributed by atoms with Gasteiger partial charge in [0.05, 0.1) is 28.0 Å². The smallest absolute Gasteiger partial charge is 0.208 e. The second-order valence-electron chi connectivity index (χ2n) is 5.92. The van der Waals surface area contributed by atoms with Gasteiger partial charge in [-0.3, -0.25) is 14.4 Å². The summed E-state index contributed by atoms with van der Waals surface area (Å²) < 4.78 is 5.00. The lowest BCUT2D eigenvalue weighted by molar-refractivity contribution is 0.0980. The molecule has 3 aromatic rings. The molecule has 0 saturated heterocycles. The van der Waals surface area contributed by atoms with Crippen LogP contribution in [0.4, 0.5) is 0 Å². The average molecular weight is 380 g/mol. The molecule has 0 fully saturated rings. The summed E-state index contributed by atoms with van der Waals surface area (Å²) >= 11 is 0.868. The summed E-state index contributed by atoms with van der Waals surface area (Å²) in [7, 11) is 1.44. The van der Waals surface area contributed by atoms with E-state index in [4.69, 9.17) is 4.74 Å². The fraction of sp³-hybridized carbons (Fsp3) is 0.0500. The number of thiophene rings is 1. The van der Waals surface area contributed by atoms with Crippen LogP contribution < -0.4 is 4.74 Å². The first kappa shape index (κ1) is 17.0. The zero-order valence-corrected chi connectivity index (χ0v) is 14.8. The minimum Gasteiger partial charge on any atom is -0.507 e. The Labute approximate surface area is 157 Å². The van der Waals surface area contributed by atoms with E-state index >= 15 is 0 Å². The van der Waals surface area contributed by atoms with Gasteiger partial charge >= 0.3 is 0 Å². The number of methoxy groups -OCH3 is 1. The number of hydrogen-bond acceptors (Lipinski definition) is 7. The minimum atomic E-state index is -0.511. The number of carbonyl (C=O) groups is 3. The Morgan fingerprint density at radius 2 is 1.74 bits per heavy atom. The maximum atomic E-state index is 12.8. The Morgan fingerprint density at radius 3 is 2.44 bits per heavy atom. The highest BCUT2D eigenvalue weighted by atomic mass is 32.1. The van der Waals surface area contributed by atoms with Crippen molar-refractivity contribution in [3.05, 3.63) is 74.5 Å². The first-order chi connectivity index (χ1) is 12.9. The van der Waals surface area contributed by atoms with Crippen LogP contribution in [-0.4, -0.2) is 34.7 Å². The first-order valence-electron chi connectivity index (χ1n) is 7.89. The van der Waals surface area contributed by atoms with Gasteiger partial charge in [-0.15, -0.1) is 11.3 Å². The molecule has 1 heterocycles. The van der Waals surface area contributed by atoms with E-state index in [1.165, 1.54) is 49.6 Å². The van der Waals surface area contributed by atoms with Gasteiger partial charge in [-0.1, -0.05) is 12.1 Å². The van der Waals surface area contributed by atoms with Crippen molar-refractivity contribution in [2.75, 3.05) is 7.11 Å². The van der Waals surface area contributed by atoms with Crippen LogP contribution in [-0.2, 0) is 0 Å². The summed E-state index contributed by atoms with van der Waals surface area (Å²) in [6.07, 6.45) is 0. The summed E-state index contributed by atoms with van der Waals surface area (Å²) in [4.78, 5) is 38.4. The number of rotatable bonds is 3. The maximum absolute atomic E-state index is 12.8. The number of fused-ring (bicyclic) bond motifs is 2. The van der Waals surface area contributed by atoms with Gasteiger partial charge in [-0.25, -0.2) is 0 Å². The van der Waals surface area contributed by atoms with Crippen molar-refractivity contribution in [3.8, 4) is 17.2 Å². The van der Waals surface area contributed by atoms with Crippen LogP contribution >= 0.6 is 11.3 Å². The van der Waals surface area contributed by atoms with E-state index in [2.05, 4.69) is 0 Å². The molecule has 0 atom stereocenters. The van der Waals surface area contributed by atoms with Crippen molar-refractivity contribution in [2.45, 2.75) is 0 Å². The molecule has 0 radical (unpaired) electrons. The van der Waals surface area contributed by atoms with Gasteiger partial charge < -0.3 is 14.9 Å². The second-order valence-corrected chi connectivity index (χ2v) is 6.98. The zero-order chi connectivity index (χ0) is 19.3. The molecule has 27 heavy (non-hydrogen) atoms. The van der Waals surface area contributed by atoms with E-state index in [0.717, 1.165) is 11.3 Å². The highest BCUT2D eigenvalue weighted by molar-refractivity contribution is 7.17. The number of phenolic OH excluding ortho intramolecular Hbond substituents is 2. The van der Waals surface area contributed by atoms with Gasteiger partial charge in [0.2, 0.25) is 11.6 Å². The van der Waals surface area contributed by atoms with E-state index in [0.29, 0.717) is 5.75 Å². The molecular formula is C20H12O6S. The molecule has 6 nitrogen and oxygen atoms in total. The molecule has 0 bridgehead atoms. The summed E-state index contributed by atoms with van der Waals surface area (Å²) in [6.45, 7) is 0. The fourth-order valence-corrected chi connectivity index (χ4v) is 4.09. The number of ether oxygens (including phenoxy) is 1. The lowest BCUT2D eigenvalue weighted by atomic mass is 9.88. The average Bonchev–Trinajstić information content (AvgIpc) is 3.11. The molecule has 2 aromatic carbocycles. The Balaban J connectivity index is 1.80. The molecule has 7 heteroatoms. The molecule has 0 spiro atoms. The van der Waals surface area contributed by atoms with E-state index < -0.39 is 17.3 Å². The number of benzene rings is 2. The Kier molecular flexibility index (Phi) is 3.82. The number of aromatic hydroxyl groups is 2. The summed E-state index contributed by atoms with van der Waals surface area (Å²) in [5.41, 5.74) is 0.217. The van der Waals surface area contributed by atoms with Crippen molar-refractivity contribution >= 4 is 28.7 Å². The SMILES string of the molecule is COc1ccc(C(=O)c2cc3c(s2)C(=O)c2c(O)cccc2C3=O)c(O)c1. The minimum absolute atomic E-state index is 0.0367. The highest BCUT2D eigenvalue weighted by Gasteiger charge is 2.35. The number of phenols is 2. The molecule has 0 saturated carbocycles. The Morgan fingerprint density at radius 1 is 0.963 bits per heavy atom. The molecule has 1 aromatic heterocycles. The summed E-state index contributed by atoms with van der Waals surface area (Å²) in [6, 6.07) is 9.91. The predicted octanol–water partition coefficient (Wildman–Crippen LogP) is 3.17. The molecule has 134 valence electrons. The van der Waals surface area contributed by atoms with Crippen LogP contribution in [0.5, 0.6) is 17.2 Å². The Bertz CT molecular complexity index is 1140. The second kappa shape index (κ2) is 6.07. The van der Waals surface area contributed by atoms with Crippen molar-refractivity contribution in [1.29, 1.82) is 0 Å². The highest BCUT2D eigenvalue weighted by Crippen LogP contribution is 2.38. The van der Waals surface area contributed by atoms with E-state index in [1.54, 1.807) is 0 Å². The van der Waals surface area contributed by atoms with Crippen LogP contribution in [0.25, 0.3) is 0 Å². The summed E-state index contributed by atoms with van der Waals surface area (Å²) in [5.74, 6) is -1.57. The standard InChI is InChI=1S/C20H12O6S/c1-26-9-5-6-10(14(22)7-9)18(24)15-8-12-17(23)11-3-2-4-13(21)16(11)19(25)20(12)27-15/h2-8,21-22H,1H3. The molecule has 1 aliphatic carbocycles. The van der Waals surface area contributed by atoms with Crippen LogP contribution in [0.3, 0.4) is 0 Å². The lowest BCUT2D eigenvalue weighted by Gasteiger charge is -2.14. The molecule has 0 amide bonds. The van der Waals surface area contributed by atoms with E-state index in [9.17, 15) is 24.6 Å². The van der Waals surface area contributed by atoms with E-state index in [-0.39, 0.29) is 43.5 Å². The normalized spacial score (nSPS) is 12.5. The van der Waals surface area contributed by atoms with Crippen LogP contribution in [0.2, 0.25) is 0 Å². The van der Waals surface area contributed by atoms with Gasteiger partial charge in [0.1, 0.15) is 17.2 Å². The third kappa shape index (κ3) is 2.51. The monoisotopic (exact) mass is 380 g/mol. The fourth-order valence-electron chi connectivity index (χ4n) is 3.03. The molecule has 4 rings (SSSR count). The molecule has 0 aliphatic heterocycles. The van der Waals surface area contributed by atoms with Gasteiger partial charge in [0, 0.05) is 17.2 Å². The van der Waals surface area contributed by atoms with Crippen LogP contribution in [0.15, 0.2) is 42.5 Å². The quantitative estimate of drug-likeness (QED) is 0.530. The molecule has 0 unspecified atom stereocenters. The van der Waals surface area contributed by atoms with Crippen molar-refractivity contribution in [1.82, 2.24) is 0 Å². The molecular weight excluding hydrogens is 368 g/mol. The maximum Gasteiger partial charge on any atom is 0.208 e. The third-order valence-electron chi connectivity index (χ3n) is 4.37. The summed E-state index contributed by atoms with van der Waals surface area (Å²) in [5, 5.41) is 20.0. The largest absolute Gasteiger partial charge is 0.507 e. The number of hydrogen-bond donors (Lipinski definition) is 2. The number of ketones is 3. The van der Waals surface area contributed by atoms with E-state index in [1.807, 2.05) is 0 Å². The lowest BCUT2D eigenvalue weighted by Crippen LogP contribution is -2.18. The topological polar surface area (TPSA) is 101 Å². The van der Waals surface area contributed by atoms with Gasteiger partial charge in [0.15, 0.2) is 5.78 Å². The van der Waals surface area contributed by atoms with Crippen LogP contribution in [0, 0.1) is 0 Å². The number of carbonyl (C=O) groups excluding carboxylic acids is 3. The van der Waals surface area contributed by atoms with Crippen molar-refractivity contribution in [2.24, 2.45) is 0 Å². The van der Waals surface area contributed by atoms with Gasteiger partial charge in [0.25, 0.3) is 0 Å². The molecule has 2 N–H and O–H groups in total. The van der Waals surface area contributed by atoms with Gasteiger partial charge in [-0.2, -0.15) is 0 Å². The predicted molar refractivity (Wildman–Crippen MR) is 97.4 cm³/mol. The van der Waals surface area contributed by atoms with Gasteiger partial charge in [-0.05, 0) is 24.3 Å². The zero-order valence-electron chi connectivity index (χ0n) is 14.0. The molecule has 1 aliphatic rings. The van der Waals surface area contributed by atoms with Crippen molar-refractivity contribution in [3.63, 3.8) is 0 Å².